The molecule has 0 amide bonds. The zero-order valence-corrected chi connectivity index (χ0v) is 11.6. The summed E-state index contributed by atoms with van der Waals surface area (Å²) in [7, 11) is -4.79. The largest absolute Gasteiger partial charge is 0.380 e. The second-order valence-electron chi connectivity index (χ2n) is 4.43. The molecule has 0 bridgehead atoms. The summed E-state index contributed by atoms with van der Waals surface area (Å²) in [4.78, 5) is 0. The molecule has 0 fully saturated rings. The minimum absolute atomic E-state index is 0.134. The molecule has 0 rings (SSSR count). The van der Waals surface area contributed by atoms with Gasteiger partial charge in [0.1, 0.15) is 0 Å². The second-order valence-corrected chi connectivity index (χ2v) is 10.8. The maximum atomic E-state index is 13.2. The van der Waals surface area contributed by atoms with Crippen molar-refractivity contribution in [1.82, 2.24) is 0 Å². The van der Waals surface area contributed by atoms with Crippen LogP contribution in [0.4, 0.5) is 39.5 Å². The molecule has 0 aromatic rings. The van der Waals surface area contributed by atoms with Crippen LogP contribution in [0.2, 0.25) is 13.1 Å². The van der Waals surface area contributed by atoms with Crippen molar-refractivity contribution < 1.29 is 39.5 Å². The first kappa shape index (κ1) is 18.9. The predicted molar refractivity (Wildman–Crippen MR) is 53.7 cm³/mol. The zero-order chi connectivity index (χ0) is 16.1. The zero-order valence-electron chi connectivity index (χ0n) is 9.86. The summed E-state index contributed by atoms with van der Waals surface area (Å²) >= 11 is 4.98. The first-order chi connectivity index (χ1) is 7.94. The van der Waals surface area contributed by atoms with Gasteiger partial charge in [-0.05, 0) is 6.92 Å². The second kappa shape index (κ2) is 4.71. The minimum atomic E-state index is -6.59. The summed E-state index contributed by atoms with van der Waals surface area (Å²) in [5.41, 5.74) is -5.57. The fourth-order valence-electron chi connectivity index (χ4n) is 1.03. The molecule has 1 unspecified atom stereocenters. The quantitative estimate of drug-likeness (QED) is 0.380. The average molecular weight is 341 g/mol. The van der Waals surface area contributed by atoms with Gasteiger partial charge in [0.2, 0.25) is 7.38 Å². The SMILES string of the molecule is CC(F)C(F)(F)C(F)(F)C(F)(F)C(F)(F)[Si](C)(C)Cl. The molecule has 11 heteroatoms. The van der Waals surface area contributed by atoms with E-state index in [9.17, 15) is 39.5 Å². The highest BCUT2D eigenvalue weighted by molar-refractivity contribution is 7.20. The Bertz CT molecular complexity index is 334. The van der Waals surface area contributed by atoms with Crippen molar-refractivity contribution in [3.8, 4) is 0 Å². The van der Waals surface area contributed by atoms with Crippen molar-refractivity contribution in [3.05, 3.63) is 0 Å². The molecule has 0 radical (unpaired) electrons. The van der Waals surface area contributed by atoms with E-state index >= 15 is 0 Å². The third-order valence-corrected chi connectivity index (χ3v) is 4.97. The fraction of sp³-hybridized carbons (Fsp3) is 1.00. The Balaban J connectivity index is 5.92. The van der Waals surface area contributed by atoms with E-state index in [4.69, 9.17) is 11.1 Å². The molecule has 1 atom stereocenters. The van der Waals surface area contributed by atoms with Gasteiger partial charge in [-0.1, -0.05) is 13.1 Å². The Morgan fingerprint density at radius 2 is 1.16 bits per heavy atom. The van der Waals surface area contributed by atoms with Crippen LogP contribution in [-0.4, -0.2) is 36.9 Å². The molecule has 0 aliphatic rings. The molecule has 0 saturated carbocycles. The minimum Gasteiger partial charge on any atom is -0.241 e. The van der Waals surface area contributed by atoms with E-state index in [1.54, 1.807) is 0 Å². The van der Waals surface area contributed by atoms with Crippen LogP contribution in [0.15, 0.2) is 0 Å². The lowest BCUT2D eigenvalue weighted by molar-refractivity contribution is -0.359. The van der Waals surface area contributed by atoms with E-state index in [0.717, 1.165) is 0 Å². The van der Waals surface area contributed by atoms with Gasteiger partial charge in [-0.3, -0.25) is 0 Å². The van der Waals surface area contributed by atoms with Crippen LogP contribution in [-0.2, 0) is 0 Å². The maximum absolute atomic E-state index is 13.2. The van der Waals surface area contributed by atoms with Crippen molar-refractivity contribution in [3.63, 3.8) is 0 Å². The maximum Gasteiger partial charge on any atom is 0.380 e. The van der Waals surface area contributed by atoms with Crippen molar-refractivity contribution in [2.75, 3.05) is 0 Å². The molecule has 0 aliphatic heterocycles. The number of hydrogen-bond acceptors (Lipinski definition) is 0. The van der Waals surface area contributed by atoms with Gasteiger partial charge in [0, 0.05) is 0 Å². The Labute approximate surface area is 108 Å². The van der Waals surface area contributed by atoms with Crippen LogP contribution in [0.25, 0.3) is 0 Å². The average Bonchev–Trinajstić information content (AvgIpc) is 2.14. The number of hydrogen-bond donors (Lipinski definition) is 0. The van der Waals surface area contributed by atoms with Gasteiger partial charge in [-0.2, -0.15) is 37.4 Å². The number of alkyl halides is 9. The van der Waals surface area contributed by atoms with Gasteiger partial charge in [-0.25, -0.2) is 13.2 Å². The molecule has 0 aliphatic carbocycles. The first-order valence-electron chi connectivity index (χ1n) is 4.79. The summed E-state index contributed by atoms with van der Waals surface area (Å²) in [6, 6.07) is 0. The smallest absolute Gasteiger partial charge is 0.241 e. The van der Waals surface area contributed by atoms with Crippen LogP contribution in [0, 0.1) is 0 Å². The van der Waals surface area contributed by atoms with Gasteiger partial charge in [0.15, 0.2) is 6.17 Å². The van der Waals surface area contributed by atoms with E-state index in [0.29, 0.717) is 13.1 Å². The molecular formula is C8H10ClF9Si. The summed E-state index contributed by atoms with van der Waals surface area (Å²) in [6.45, 7) is 0.635. The van der Waals surface area contributed by atoms with E-state index in [-0.39, 0.29) is 6.92 Å². The Hall–Kier alpha value is -0.123. The van der Waals surface area contributed by atoms with Crippen molar-refractivity contribution in [2.45, 2.75) is 49.5 Å². The third-order valence-electron chi connectivity index (χ3n) is 2.45. The first-order valence-corrected chi connectivity index (χ1v) is 8.80. The van der Waals surface area contributed by atoms with Gasteiger partial charge < -0.3 is 0 Å². The van der Waals surface area contributed by atoms with Gasteiger partial charge in [0.25, 0.3) is 0 Å². The molecule has 0 aromatic carbocycles. The van der Waals surface area contributed by atoms with Crippen LogP contribution in [0.1, 0.15) is 6.92 Å². The molecule has 116 valence electrons. The highest BCUT2D eigenvalue weighted by Crippen LogP contribution is 2.56. The molecule has 0 spiro atoms. The molecule has 0 nitrogen and oxygen atoms in total. The molecule has 19 heavy (non-hydrogen) atoms. The van der Waals surface area contributed by atoms with Crippen LogP contribution >= 0.6 is 11.1 Å². The summed E-state index contributed by atoms with van der Waals surface area (Å²) < 4.78 is 117. The Morgan fingerprint density at radius 3 is 1.37 bits per heavy atom. The lowest BCUT2D eigenvalue weighted by atomic mass is 10.0. The number of halogens is 10. The number of rotatable bonds is 5. The van der Waals surface area contributed by atoms with Crippen LogP contribution in [0.5, 0.6) is 0 Å². The van der Waals surface area contributed by atoms with Gasteiger partial charge in [-0.15, -0.1) is 0 Å². The molecule has 0 aromatic heterocycles. The predicted octanol–water partition coefficient (Wildman–Crippen LogP) is 4.87. The molecular weight excluding hydrogens is 331 g/mol. The summed E-state index contributed by atoms with van der Waals surface area (Å²) in [5, 5.41) is 0. The standard InChI is InChI=1S/C8H10ClF9Si/c1-4(10)5(11,12)6(13,14)7(15,16)8(17,18)19(2,3)9/h4H,1-3H3. The van der Waals surface area contributed by atoms with Crippen molar-refractivity contribution in [2.24, 2.45) is 0 Å². The lowest BCUT2D eigenvalue weighted by Gasteiger charge is -2.40. The third kappa shape index (κ3) is 2.57. The van der Waals surface area contributed by atoms with Gasteiger partial charge >= 0.3 is 23.3 Å². The van der Waals surface area contributed by atoms with E-state index in [1.165, 1.54) is 0 Å². The Kier molecular flexibility index (Phi) is 4.68. The molecule has 0 N–H and O–H groups in total. The monoisotopic (exact) mass is 340 g/mol. The van der Waals surface area contributed by atoms with Crippen molar-refractivity contribution >= 4 is 18.5 Å². The van der Waals surface area contributed by atoms with Crippen LogP contribution in [0.3, 0.4) is 0 Å². The summed E-state index contributed by atoms with van der Waals surface area (Å²) in [5.74, 6) is -19.0. The highest BCUT2D eigenvalue weighted by atomic mass is 35.6. The molecule has 0 heterocycles. The molecule has 0 saturated heterocycles. The normalized spacial score (nSPS) is 17.5. The van der Waals surface area contributed by atoms with Crippen molar-refractivity contribution in [1.29, 1.82) is 0 Å². The fourth-order valence-corrected chi connectivity index (χ4v) is 2.29. The van der Waals surface area contributed by atoms with Gasteiger partial charge in [0.05, 0.1) is 0 Å². The Morgan fingerprint density at radius 1 is 0.842 bits per heavy atom. The lowest BCUT2D eigenvalue weighted by Crippen LogP contribution is -2.69. The van der Waals surface area contributed by atoms with Crippen LogP contribution < -0.4 is 0 Å². The van der Waals surface area contributed by atoms with E-state index in [1.807, 2.05) is 0 Å². The summed E-state index contributed by atoms with van der Waals surface area (Å²) in [6.07, 6.45) is -3.75. The van der Waals surface area contributed by atoms with E-state index < -0.39 is 36.9 Å². The van der Waals surface area contributed by atoms with E-state index in [2.05, 4.69) is 0 Å². The highest BCUT2D eigenvalue weighted by Gasteiger charge is 2.84. The topological polar surface area (TPSA) is 0 Å².